The van der Waals surface area contributed by atoms with Gasteiger partial charge in [0.2, 0.25) is 0 Å². The standard InChI is InChI=1S/C11H13F2NO/c1-15-9-4-2-3-8(10(9)12)5-11(13)6-14-7-11/h2-4,14H,5-7H2,1H3. The van der Waals surface area contributed by atoms with Crippen molar-refractivity contribution in [3.63, 3.8) is 0 Å². The first-order valence-electron chi connectivity index (χ1n) is 4.86. The predicted octanol–water partition coefficient (Wildman–Crippen LogP) is 1.69. The highest BCUT2D eigenvalue weighted by molar-refractivity contribution is 5.32. The Kier molecular flexibility index (Phi) is 2.61. The topological polar surface area (TPSA) is 21.3 Å². The van der Waals surface area contributed by atoms with Gasteiger partial charge in [0.1, 0.15) is 5.67 Å². The van der Waals surface area contributed by atoms with Crippen LogP contribution in [0.2, 0.25) is 0 Å². The summed E-state index contributed by atoms with van der Waals surface area (Å²) in [7, 11) is 1.40. The Hall–Kier alpha value is -1.16. The number of halogens is 2. The second kappa shape index (κ2) is 3.77. The van der Waals surface area contributed by atoms with Crippen molar-refractivity contribution in [3.8, 4) is 5.75 Å². The minimum absolute atomic E-state index is 0.100. The number of nitrogens with one attached hydrogen (secondary N) is 1. The van der Waals surface area contributed by atoms with E-state index in [1.165, 1.54) is 13.2 Å². The minimum atomic E-state index is -1.30. The number of methoxy groups -OCH3 is 1. The molecule has 15 heavy (non-hydrogen) atoms. The summed E-state index contributed by atoms with van der Waals surface area (Å²) in [6.45, 7) is 0.591. The van der Waals surface area contributed by atoms with E-state index in [2.05, 4.69) is 5.32 Å². The van der Waals surface area contributed by atoms with Crippen molar-refractivity contribution in [1.29, 1.82) is 0 Å². The molecule has 1 saturated heterocycles. The fourth-order valence-corrected chi connectivity index (χ4v) is 1.71. The number of hydrogen-bond donors (Lipinski definition) is 1. The Morgan fingerprint density at radius 3 is 2.73 bits per heavy atom. The second-order valence-electron chi connectivity index (χ2n) is 3.86. The molecule has 0 unspecified atom stereocenters. The minimum Gasteiger partial charge on any atom is -0.494 e. The molecule has 0 spiro atoms. The summed E-state index contributed by atoms with van der Waals surface area (Å²) < 4.78 is 32.2. The van der Waals surface area contributed by atoms with E-state index in [0.29, 0.717) is 18.7 Å². The molecule has 0 radical (unpaired) electrons. The molecule has 0 saturated carbocycles. The molecule has 2 rings (SSSR count). The molecule has 1 heterocycles. The lowest BCUT2D eigenvalue weighted by atomic mass is 9.91. The lowest BCUT2D eigenvalue weighted by Crippen LogP contribution is -2.57. The van der Waals surface area contributed by atoms with Crippen molar-refractivity contribution in [3.05, 3.63) is 29.6 Å². The molecule has 0 aliphatic carbocycles. The van der Waals surface area contributed by atoms with Crippen LogP contribution in [0.1, 0.15) is 5.56 Å². The summed E-state index contributed by atoms with van der Waals surface area (Å²) >= 11 is 0. The van der Waals surface area contributed by atoms with Crippen molar-refractivity contribution < 1.29 is 13.5 Å². The number of hydrogen-bond acceptors (Lipinski definition) is 2. The summed E-state index contributed by atoms with van der Waals surface area (Å²) in [6.07, 6.45) is 0.100. The maximum absolute atomic E-state index is 13.7. The van der Waals surface area contributed by atoms with Gasteiger partial charge in [-0.25, -0.2) is 8.78 Å². The van der Waals surface area contributed by atoms with Crippen LogP contribution in [0.15, 0.2) is 18.2 Å². The highest BCUT2D eigenvalue weighted by Gasteiger charge is 2.37. The van der Waals surface area contributed by atoms with Crippen LogP contribution >= 0.6 is 0 Å². The highest BCUT2D eigenvalue weighted by atomic mass is 19.1. The van der Waals surface area contributed by atoms with E-state index >= 15 is 0 Å². The number of ether oxygens (including phenoxy) is 1. The fraction of sp³-hybridized carbons (Fsp3) is 0.455. The first-order valence-corrected chi connectivity index (χ1v) is 4.86. The van der Waals surface area contributed by atoms with Gasteiger partial charge < -0.3 is 10.1 Å². The lowest BCUT2D eigenvalue weighted by Gasteiger charge is -2.35. The molecule has 1 N–H and O–H groups in total. The number of alkyl halides is 1. The smallest absolute Gasteiger partial charge is 0.168 e. The van der Waals surface area contributed by atoms with E-state index < -0.39 is 11.5 Å². The van der Waals surface area contributed by atoms with Crippen molar-refractivity contribution in [1.82, 2.24) is 5.32 Å². The maximum Gasteiger partial charge on any atom is 0.168 e. The van der Waals surface area contributed by atoms with Crippen LogP contribution in [0.4, 0.5) is 8.78 Å². The molecule has 2 nitrogen and oxygen atoms in total. The van der Waals surface area contributed by atoms with Crippen LogP contribution in [0.25, 0.3) is 0 Å². The van der Waals surface area contributed by atoms with E-state index in [0.717, 1.165) is 0 Å². The molecule has 1 aliphatic heterocycles. The fourth-order valence-electron chi connectivity index (χ4n) is 1.71. The third kappa shape index (κ3) is 1.95. The van der Waals surface area contributed by atoms with Gasteiger partial charge in [-0.1, -0.05) is 12.1 Å². The van der Waals surface area contributed by atoms with Gasteiger partial charge >= 0.3 is 0 Å². The van der Waals surface area contributed by atoms with E-state index in [1.54, 1.807) is 12.1 Å². The lowest BCUT2D eigenvalue weighted by molar-refractivity contribution is 0.0900. The first kappa shape index (κ1) is 10.4. The summed E-state index contributed by atoms with van der Waals surface area (Å²) in [5.74, 6) is -0.285. The van der Waals surface area contributed by atoms with Gasteiger partial charge in [-0.2, -0.15) is 0 Å². The average molecular weight is 213 g/mol. The number of rotatable bonds is 3. The van der Waals surface area contributed by atoms with Gasteiger partial charge in [0.25, 0.3) is 0 Å². The molecule has 1 aliphatic rings. The van der Waals surface area contributed by atoms with E-state index in [9.17, 15) is 8.78 Å². The van der Waals surface area contributed by atoms with Crippen molar-refractivity contribution in [2.45, 2.75) is 12.1 Å². The molecule has 1 aromatic rings. The molecule has 0 bridgehead atoms. The average Bonchev–Trinajstić information content (AvgIpc) is 2.19. The van der Waals surface area contributed by atoms with Gasteiger partial charge in [0, 0.05) is 19.5 Å². The first-order chi connectivity index (χ1) is 7.14. The SMILES string of the molecule is COc1cccc(CC2(F)CNC2)c1F. The summed E-state index contributed by atoms with van der Waals surface area (Å²) in [6, 6.07) is 4.80. The normalized spacial score (nSPS) is 18.3. The van der Waals surface area contributed by atoms with Crippen LogP contribution in [0, 0.1) is 5.82 Å². The molecular weight excluding hydrogens is 200 g/mol. The Bertz CT molecular complexity index is 364. The van der Waals surface area contributed by atoms with Crippen LogP contribution in [-0.4, -0.2) is 25.9 Å². The second-order valence-corrected chi connectivity index (χ2v) is 3.86. The molecule has 0 aromatic heterocycles. The Labute approximate surface area is 87.2 Å². The third-order valence-electron chi connectivity index (χ3n) is 2.65. The van der Waals surface area contributed by atoms with Gasteiger partial charge in [0.05, 0.1) is 7.11 Å². The third-order valence-corrected chi connectivity index (χ3v) is 2.65. The van der Waals surface area contributed by atoms with Crippen molar-refractivity contribution in [2.75, 3.05) is 20.2 Å². The quantitative estimate of drug-likeness (QED) is 0.825. The van der Waals surface area contributed by atoms with Crippen LogP contribution in [0.5, 0.6) is 5.75 Å². The van der Waals surface area contributed by atoms with Gasteiger partial charge in [-0.15, -0.1) is 0 Å². The largest absolute Gasteiger partial charge is 0.494 e. The van der Waals surface area contributed by atoms with E-state index in [4.69, 9.17) is 4.74 Å². The number of benzene rings is 1. The molecular formula is C11H13F2NO. The zero-order valence-corrected chi connectivity index (χ0v) is 8.52. The summed E-state index contributed by atoms with van der Waals surface area (Å²) in [5, 5.41) is 2.84. The van der Waals surface area contributed by atoms with E-state index in [1.807, 2.05) is 0 Å². The monoisotopic (exact) mass is 213 g/mol. The molecule has 1 aromatic carbocycles. The van der Waals surface area contributed by atoms with Crippen molar-refractivity contribution in [2.24, 2.45) is 0 Å². The zero-order valence-electron chi connectivity index (χ0n) is 8.52. The molecule has 4 heteroatoms. The summed E-state index contributed by atoms with van der Waals surface area (Å²) in [4.78, 5) is 0. The summed E-state index contributed by atoms with van der Waals surface area (Å²) in [5.41, 5.74) is -0.925. The highest BCUT2D eigenvalue weighted by Crippen LogP contribution is 2.27. The molecule has 0 amide bonds. The zero-order chi connectivity index (χ0) is 10.9. The van der Waals surface area contributed by atoms with Crippen LogP contribution in [-0.2, 0) is 6.42 Å². The maximum atomic E-state index is 13.7. The predicted molar refractivity (Wildman–Crippen MR) is 53.4 cm³/mol. The Morgan fingerprint density at radius 2 is 2.20 bits per heavy atom. The van der Waals surface area contributed by atoms with E-state index in [-0.39, 0.29) is 12.2 Å². The molecule has 82 valence electrons. The molecule has 1 fully saturated rings. The van der Waals surface area contributed by atoms with Gasteiger partial charge in [-0.3, -0.25) is 0 Å². The van der Waals surface area contributed by atoms with Gasteiger partial charge in [0.15, 0.2) is 11.6 Å². The Balaban J connectivity index is 2.20. The van der Waals surface area contributed by atoms with Gasteiger partial charge in [-0.05, 0) is 11.6 Å². The molecule has 0 atom stereocenters. The van der Waals surface area contributed by atoms with Crippen LogP contribution in [0.3, 0.4) is 0 Å². The van der Waals surface area contributed by atoms with Crippen molar-refractivity contribution >= 4 is 0 Å². The van der Waals surface area contributed by atoms with Crippen LogP contribution < -0.4 is 10.1 Å². The Morgan fingerprint density at radius 1 is 1.47 bits per heavy atom.